The molecule has 6 heteroatoms. The minimum absolute atomic E-state index is 0.0712. The van der Waals surface area contributed by atoms with Crippen molar-refractivity contribution in [3.63, 3.8) is 0 Å². The van der Waals surface area contributed by atoms with Crippen molar-refractivity contribution >= 4 is 11.9 Å². The number of phenols is 1. The number of nitrogens with one attached hydrogen (secondary N) is 1. The van der Waals surface area contributed by atoms with Gasteiger partial charge in [-0.2, -0.15) is 0 Å². The smallest absolute Gasteiger partial charge is 0.326 e. The number of hydrogen-bond donors (Lipinski definition) is 3. The number of carboxylic acid groups (broad SMARTS) is 1. The highest BCUT2D eigenvalue weighted by atomic mass is 16.5. The molecule has 3 unspecified atom stereocenters. The third-order valence-corrected chi connectivity index (χ3v) is 9.16. The topological polar surface area (TPSA) is 95.9 Å². The van der Waals surface area contributed by atoms with Gasteiger partial charge in [-0.05, 0) is 94.2 Å². The van der Waals surface area contributed by atoms with Gasteiger partial charge in [-0.1, -0.05) is 72.6 Å². The van der Waals surface area contributed by atoms with Crippen molar-refractivity contribution in [1.82, 2.24) is 5.32 Å². The standard InChI is InChI=1S/C29H50O2.C5H7NO3/c1-20(2)12-9-13-21(3)14-10-15-22(4)16-11-18-29(8)19-17-26-25(7)27(30)23(5)24(6)28(26)31-29;7-4-2-1-3(6-4)5(8)9/h20-22,30H,9-19H2,1-8H3;3H,1-2H2,(H,6,7)(H,8,9)/t21?,22?,29-;/m1./s1. The number of benzene rings is 1. The summed E-state index contributed by atoms with van der Waals surface area (Å²) in [7, 11) is 0. The first kappa shape index (κ1) is 34.0. The number of aromatic hydroxyl groups is 1. The summed E-state index contributed by atoms with van der Waals surface area (Å²) in [4.78, 5) is 20.5. The highest BCUT2D eigenvalue weighted by Crippen LogP contribution is 2.44. The van der Waals surface area contributed by atoms with Crippen LogP contribution in [0, 0.1) is 38.5 Å². The molecule has 0 radical (unpaired) electrons. The Morgan fingerprint density at radius 1 is 0.925 bits per heavy atom. The lowest BCUT2D eigenvalue weighted by molar-refractivity contribution is -0.140. The van der Waals surface area contributed by atoms with E-state index in [1.807, 2.05) is 13.8 Å². The van der Waals surface area contributed by atoms with Crippen LogP contribution in [0.25, 0.3) is 0 Å². The first-order chi connectivity index (χ1) is 18.7. The second kappa shape index (κ2) is 15.7. The van der Waals surface area contributed by atoms with Crippen LogP contribution in [0.5, 0.6) is 11.5 Å². The second-order valence-corrected chi connectivity index (χ2v) is 13.4. The first-order valence-electron chi connectivity index (χ1n) is 15.8. The van der Waals surface area contributed by atoms with Crippen molar-refractivity contribution in [1.29, 1.82) is 0 Å². The van der Waals surface area contributed by atoms with Crippen LogP contribution in [0.1, 0.15) is 134 Å². The molecule has 3 rings (SSSR count). The Bertz CT molecular complexity index is 987. The van der Waals surface area contributed by atoms with Gasteiger partial charge in [-0.15, -0.1) is 0 Å². The van der Waals surface area contributed by atoms with Crippen molar-refractivity contribution < 1.29 is 24.5 Å². The maximum absolute atomic E-state index is 10.4. The fraction of sp³-hybridized carbons (Fsp3) is 0.765. The summed E-state index contributed by atoms with van der Waals surface area (Å²) >= 11 is 0. The van der Waals surface area contributed by atoms with Gasteiger partial charge in [0.05, 0.1) is 0 Å². The predicted molar refractivity (Wildman–Crippen MR) is 163 cm³/mol. The Kier molecular flexibility index (Phi) is 13.3. The molecule has 1 aromatic carbocycles. The van der Waals surface area contributed by atoms with Crippen LogP contribution in [-0.4, -0.2) is 33.7 Å². The molecule has 2 heterocycles. The molecule has 0 aliphatic carbocycles. The molecule has 6 nitrogen and oxygen atoms in total. The van der Waals surface area contributed by atoms with Crippen LogP contribution < -0.4 is 10.1 Å². The fourth-order valence-electron chi connectivity index (χ4n) is 6.07. The molecular formula is C34H57NO5. The number of hydrogen-bond acceptors (Lipinski definition) is 4. The van der Waals surface area contributed by atoms with Gasteiger partial charge in [-0.25, -0.2) is 4.79 Å². The lowest BCUT2D eigenvalue weighted by Gasteiger charge is -2.38. The Morgan fingerprint density at radius 3 is 2.00 bits per heavy atom. The molecule has 3 N–H and O–H groups in total. The van der Waals surface area contributed by atoms with Crippen molar-refractivity contribution in [2.75, 3.05) is 0 Å². The van der Waals surface area contributed by atoms with Gasteiger partial charge < -0.3 is 20.3 Å². The second-order valence-electron chi connectivity index (χ2n) is 13.4. The lowest BCUT2D eigenvalue weighted by atomic mass is 9.84. The number of ether oxygens (including phenoxy) is 1. The largest absolute Gasteiger partial charge is 0.507 e. The van der Waals surface area contributed by atoms with Gasteiger partial charge in [0, 0.05) is 12.0 Å². The molecule has 1 fully saturated rings. The lowest BCUT2D eigenvalue weighted by Crippen LogP contribution is -2.37. The minimum Gasteiger partial charge on any atom is -0.507 e. The van der Waals surface area contributed by atoms with Gasteiger partial charge in [0.15, 0.2) is 0 Å². The van der Waals surface area contributed by atoms with Crippen LogP contribution in [-0.2, 0) is 16.0 Å². The molecule has 0 saturated carbocycles. The van der Waals surface area contributed by atoms with Gasteiger partial charge in [-0.3, -0.25) is 4.79 Å². The van der Waals surface area contributed by atoms with Crippen LogP contribution in [0.2, 0.25) is 0 Å². The maximum atomic E-state index is 10.4. The summed E-state index contributed by atoms with van der Waals surface area (Å²) in [6, 6.07) is -0.641. The summed E-state index contributed by atoms with van der Waals surface area (Å²) < 4.78 is 6.60. The summed E-state index contributed by atoms with van der Waals surface area (Å²) in [5, 5.41) is 21.0. The Labute approximate surface area is 243 Å². The highest BCUT2D eigenvalue weighted by molar-refractivity contribution is 5.87. The number of carbonyl (C=O) groups is 2. The van der Waals surface area contributed by atoms with E-state index in [9.17, 15) is 14.7 Å². The number of fused-ring (bicyclic) bond motifs is 1. The quantitative estimate of drug-likeness (QED) is 0.226. The van der Waals surface area contributed by atoms with Crippen LogP contribution in [0.15, 0.2) is 0 Å². The zero-order valence-electron chi connectivity index (χ0n) is 26.6. The molecule has 2 aliphatic rings. The van der Waals surface area contributed by atoms with Gasteiger partial charge in [0.2, 0.25) is 5.91 Å². The van der Waals surface area contributed by atoms with Crippen LogP contribution >= 0.6 is 0 Å². The van der Waals surface area contributed by atoms with Gasteiger partial charge in [0.25, 0.3) is 0 Å². The van der Waals surface area contributed by atoms with E-state index in [2.05, 4.69) is 46.9 Å². The molecule has 1 amide bonds. The van der Waals surface area contributed by atoms with E-state index in [0.29, 0.717) is 18.6 Å². The minimum atomic E-state index is -0.944. The average Bonchev–Trinajstić information content (AvgIpc) is 3.33. The third-order valence-electron chi connectivity index (χ3n) is 9.16. The monoisotopic (exact) mass is 559 g/mol. The molecule has 2 aliphatic heterocycles. The number of carboxylic acids is 1. The van der Waals surface area contributed by atoms with Crippen molar-refractivity contribution in [2.24, 2.45) is 17.8 Å². The molecule has 0 spiro atoms. The summed E-state index contributed by atoms with van der Waals surface area (Å²) in [6.45, 7) is 17.9. The normalized spacial score (nSPS) is 21.6. The van der Waals surface area contributed by atoms with E-state index in [1.165, 1.54) is 56.9 Å². The van der Waals surface area contributed by atoms with Crippen LogP contribution in [0.3, 0.4) is 0 Å². The fourth-order valence-corrected chi connectivity index (χ4v) is 6.07. The summed E-state index contributed by atoms with van der Waals surface area (Å²) in [5.74, 6) is 2.93. The molecule has 228 valence electrons. The van der Waals surface area contributed by atoms with E-state index in [-0.39, 0.29) is 11.5 Å². The zero-order chi connectivity index (χ0) is 30.0. The van der Waals surface area contributed by atoms with Crippen molar-refractivity contribution in [3.8, 4) is 11.5 Å². The van der Waals surface area contributed by atoms with E-state index in [0.717, 1.165) is 59.5 Å². The molecule has 1 saturated heterocycles. The maximum Gasteiger partial charge on any atom is 0.326 e. The van der Waals surface area contributed by atoms with E-state index >= 15 is 0 Å². The summed E-state index contributed by atoms with van der Waals surface area (Å²) in [6.07, 6.45) is 14.8. The SMILES string of the molecule is Cc1c(C)c2c(c(C)c1O)CC[C@@](C)(CCCC(C)CCCC(C)CCCC(C)C)O2.O=C1CCC(C(=O)O)N1. The zero-order valence-corrected chi connectivity index (χ0v) is 26.6. The van der Waals surface area contributed by atoms with E-state index in [4.69, 9.17) is 9.84 Å². The van der Waals surface area contributed by atoms with Crippen molar-refractivity contribution in [3.05, 3.63) is 22.3 Å². The number of carbonyl (C=O) groups excluding carboxylic acids is 1. The Balaban J connectivity index is 0.000000526. The van der Waals surface area contributed by atoms with Crippen molar-refractivity contribution in [2.45, 2.75) is 151 Å². The van der Waals surface area contributed by atoms with Gasteiger partial charge >= 0.3 is 5.97 Å². The Hall–Kier alpha value is -2.24. The molecule has 0 aromatic heterocycles. The molecule has 4 atom stereocenters. The number of rotatable bonds is 13. The number of amides is 1. The number of phenolic OH excluding ortho intramolecular Hbond substituents is 1. The first-order valence-corrected chi connectivity index (χ1v) is 15.8. The van der Waals surface area contributed by atoms with E-state index in [1.54, 1.807) is 0 Å². The van der Waals surface area contributed by atoms with Crippen LogP contribution in [0.4, 0.5) is 0 Å². The average molecular weight is 560 g/mol. The molecular weight excluding hydrogens is 502 g/mol. The highest BCUT2D eigenvalue weighted by Gasteiger charge is 2.34. The number of aliphatic carboxylic acids is 1. The summed E-state index contributed by atoms with van der Waals surface area (Å²) in [5.41, 5.74) is 4.23. The third kappa shape index (κ3) is 10.3. The molecule has 40 heavy (non-hydrogen) atoms. The molecule has 1 aromatic rings. The molecule has 0 bridgehead atoms. The van der Waals surface area contributed by atoms with Gasteiger partial charge in [0.1, 0.15) is 23.1 Å². The Morgan fingerprint density at radius 2 is 1.50 bits per heavy atom. The predicted octanol–water partition coefficient (Wildman–Crippen LogP) is 8.19. The van der Waals surface area contributed by atoms with E-state index < -0.39 is 12.0 Å².